The van der Waals surface area contributed by atoms with Crippen LogP contribution in [0.1, 0.15) is 34.6 Å². The smallest absolute Gasteiger partial charge is 0.411 e. The fourth-order valence-electron chi connectivity index (χ4n) is 1.62. The molecule has 0 radical (unpaired) electrons. The molecule has 1 aliphatic rings. The van der Waals surface area contributed by atoms with Gasteiger partial charge in [-0.05, 0) is 26.7 Å². The highest BCUT2D eigenvalue weighted by atomic mass is 32.2. The van der Waals surface area contributed by atoms with E-state index in [2.05, 4.69) is 0 Å². The van der Waals surface area contributed by atoms with Gasteiger partial charge in [-0.3, -0.25) is 4.90 Å². The number of aliphatic hydroxyl groups is 1. The average molecular weight is 261 g/mol. The zero-order chi connectivity index (χ0) is 13.2. The number of thioether (sulfide) groups is 1. The number of carbonyl (C=O) groups excluding carboxylic acids is 1. The monoisotopic (exact) mass is 261 g/mol. The Morgan fingerprint density at radius 3 is 2.53 bits per heavy atom. The maximum atomic E-state index is 12.0. The Kier molecular flexibility index (Phi) is 4.72. The van der Waals surface area contributed by atoms with Crippen LogP contribution in [0.3, 0.4) is 0 Å². The first-order valence-corrected chi connectivity index (χ1v) is 7.06. The second-order valence-electron chi connectivity index (χ2n) is 5.67. The lowest BCUT2D eigenvalue weighted by molar-refractivity contribution is 0.00743. The second kappa shape index (κ2) is 5.48. The van der Waals surface area contributed by atoms with Gasteiger partial charge in [-0.25, -0.2) is 4.79 Å². The predicted octanol–water partition coefficient (Wildman–Crippen LogP) is 2.31. The molecule has 0 spiro atoms. The van der Waals surface area contributed by atoms with Crippen molar-refractivity contribution in [3.63, 3.8) is 0 Å². The molecule has 0 aromatic carbocycles. The van der Waals surface area contributed by atoms with Gasteiger partial charge in [0.1, 0.15) is 11.0 Å². The summed E-state index contributed by atoms with van der Waals surface area (Å²) >= 11 is 1.62. The first kappa shape index (κ1) is 14.6. The fourth-order valence-corrected chi connectivity index (χ4v) is 3.04. The van der Waals surface area contributed by atoms with Crippen LogP contribution in [0, 0.1) is 5.92 Å². The second-order valence-corrected chi connectivity index (χ2v) is 6.89. The Morgan fingerprint density at radius 2 is 2.06 bits per heavy atom. The number of aliphatic hydroxyl groups excluding tert-OH is 1. The van der Waals surface area contributed by atoms with E-state index >= 15 is 0 Å². The van der Waals surface area contributed by atoms with Crippen molar-refractivity contribution in [1.82, 2.24) is 4.90 Å². The number of ether oxygens (including phenoxy) is 1. The number of hydrogen-bond donors (Lipinski definition) is 1. The maximum absolute atomic E-state index is 12.0. The number of amides is 1. The van der Waals surface area contributed by atoms with Crippen LogP contribution in [-0.4, -0.2) is 45.5 Å². The van der Waals surface area contributed by atoms with Gasteiger partial charge in [0.05, 0.1) is 6.10 Å². The van der Waals surface area contributed by atoms with Crippen LogP contribution in [0.15, 0.2) is 0 Å². The molecule has 5 heteroatoms. The summed E-state index contributed by atoms with van der Waals surface area (Å²) in [5.41, 5.74) is -0.488. The molecular formula is C12H23NO3S. The lowest BCUT2D eigenvalue weighted by atomic mass is 10.1. The zero-order valence-corrected chi connectivity index (χ0v) is 12.1. The van der Waals surface area contributed by atoms with E-state index in [9.17, 15) is 9.90 Å². The van der Waals surface area contributed by atoms with Crippen LogP contribution < -0.4 is 0 Å². The molecular weight excluding hydrogens is 238 g/mol. The van der Waals surface area contributed by atoms with Gasteiger partial charge in [-0.2, -0.15) is 0 Å². The molecule has 1 rings (SSSR count). The van der Waals surface area contributed by atoms with Gasteiger partial charge in [-0.15, -0.1) is 11.8 Å². The molecule has 0 aromatic rings. The standard InChI is InChI=1S/C12H23NO3S/c1-8(2)9(14)10-13(6-7-17-10)11(15)16-12(3,4)5/h8-10,14H,6-7H2,1-5H3/t9-,10-/m1/s1. The van der Waals surface area contributed by atoms with E-state index in [0.29, 0.717) is 6.54 Å². The molecule has 1 heterocycles. The van der Waals surface area contributed by atoms with Gasteiger partial charge in [0, 0.05) is 12.3 Å². The molecule has 0 aromatic heterocycles. The van der Waals surface area contributed by atoms with E-state index < -0.39 is 11.7 Å². The van der Waals surface area contributed by atoms with E-state index in [1.807, 2.05) is 34.6 Å². The molecule has 0 unspecified atom stereocenters. The van der Waals surface area contributed by atoms with Gasteiger partial charge in [0.2, 0.25) is 0 Å². The molecule has 1 amide bonds. The summed E-state index contributed by atoms with van der Waals surface area (Å²) in [5.74, 6) is 0.990. The molecule has 4 nitrogen and oxygen atoms in total. The Morgan fingerprint density at radius 1 is 1.47 bits per heavy atom. The van der Waals surface area contributed by atoms with E-state index in [1.165, 1.54) is 0 Å². The minimum absolute atomic E-state index is 0.135. The van der Waals surface area contributed by atoms with E-state index in [-0.39, 0.29) is 17.4 Å². The first-order chi connectivity index (χ1) is 7.72. The number of rotatable bonds is 2. The van der Waals surface area contributed by atoms with Gasteiger partial charge >= 0.3 is 6.09 Å². The summed E-state index contributed by atoms with van der Waals surface area (Å²) in [6.07, 6.45) is -0.831. The lowest BCUT2D eigenvalue weighted by Gasteiger charge is -2.31. The van der Waals surface area contributed by atoms with E-state index in [1.54, 1.807) is 16.7 Å². The number of nitrogens with zero attached hydrogens (tertiary/aromatic N) is 1. The minimum Gasteiger partial charge on any atom is -0.444 e. The van der Waals surface area contributed by atoms with Crippen molar-refractivity contribution in [3.05, 3.63) is 0 Å². The maximum Gasteiger partial charge on any atom is 0.411 e. The van der Waals surface area contributed by atoms with Crippen molar-refractivity contribution < 1.29 is 14.6 Å². The van der Waals surface area contributed by atoms with Crippen LogP contribution in [0.2, 0.25) is 0 Å². The summed E-state index contributed by atoms with van der Waals surface area (Å²) in [6.45, 7) is 10.1. The topological polar surface area (TPSA) is 49.8 Å². The highest BCUT2D eigenvalue weighted by molar-refractivity contribution is 8.00. The van der Waals surface area contributed by atoms with Crippen molar-refractivity contribution in [1.29, 1.82) is 0 Å². The molecule has 1 saturated heterocycles. The van der Waals surface area contributed by atoms with Crippen molar-refractivity contribution >= 4 is 17.9 Å². The SMILES string of the molecule is CC(C)[C@@H](O)[C@H]1SCCN1C(=O)OC(C)(C)C. The third kappa shape index (κ3) is 4.07. The fraction of sp³-hybridized carbons (Fsp3) is 0.917. The molecule has 17 heavy (non-hydrogen) atoms. The summed E-state index contributed by atoms with van der Waals surface area (Å²) in [5, 5.41) is 9.90. The van der Waals surface area contributed by atoms with Crippen LogP contribution in [-0.2, 0) is 4.74 Å². The quantitative estimate of drug-likeness (QED) is 0.828. The predicted molar refractivity (Wildman–Crippen MR) is 70.0 cm³/mol. The summed E-state index contributed by atoms with van der Waals surface area (Å²) in [7, 11) is 0. The Labute approximate surface area is 108 Å². The Bertz CT molecular complexity index is 275. The molecule has 100 valence electrons. The summed E-state index contributed by atoms with van der Waals surface area (Å²) in [6, 6.07) is 0. The molecule has 0 bridgehead atoms. The van der Waals surface area contributed by atoms with Crippen molar-refractivity contribution in [3.8, 4) is 0 Å². The van der Waals surface area contributed by atoms with Crippen LogP contribution in [0.5, 0.6) is 0 Å². The van der Waals surface area contributed by atoms with Crippen LogP contribution in [0.25, 0.3) is 0 Å². The van der Waals surface area contributed by atoms with Crippen LogP contribution in [0.4, 0.5) is 4.79 Å². The van der Waals surface area contributed by atoms with Crippen molar-refractivity contribution in [2.45, 2.75) is 51.7 Å². The van der Waals surface area contributed by atoms with Crippen molar-refractivity contribution in [2.24, 2.45) is 5.92 Å². The highest BCUT2D eigenvalue weighted by Gasteiger charge is 2.37. The summed E-state index contributed by atoms with van der Waals surface area (Å²) in [4.78, 5) is 13.6. The first-order valence-electron chi connectivity index (χ1n) is 6.01. The van der Waals surface area contributed by atoms with Gasteiger partial charge in [0.15, 0.2) is 0 Å². The third-order valence-corrected chi connectivity index (χ3v) is 3.82. The lowest BCUT2D eigenvalue weighted by Crippen LogP contribution is -2.45. The molecule has 1 fully saturated rings. The summed E-state index contributed by atoms with van der Waals surface area (Å²) < 4.78 is 5.34. The van der Waals surface area contributed by atoms with Crippen molar-refractivity contribution in [2.75, 3.05) is 12.3 Å². The third-order valence-electron chi connectivity index (χ3n) is 2.53. The van der Waals surface area contributed by atoms with Gasteiger partial charge in [-0.1, -0.05) is 13.8 Å². The molecule has 0 saturated carbocycles. The number of carbonyl (C=O) groups is 1. The highest BCUT2D eigenvalue weighted by Crippen LogP contribution is 2.30. The zero-order valence-electron chi connectivity index (χ0n) is 11.3. The Balaban J connectivity index is 2.66. The van der Waals surface area contributed by atoms with Crippen LogP contribution >= 0.6 is 11.8 Å². The van der Waals surface area contributed by atoms with E-state index in [0.717, 1.165) is 5.75 Å². The number of hydrogen-bond acceptors (Lipinski definition) is 4. The van der Waals surface area contributed by atoms with Gasteiger partial charge in [0.25, 0.3) is 0 Å². The van der Waals surface area contributed by atoms with E-state index in [4.69, 9.17) is 4.74 Å². The molecule has 1 N–H and O–H groups in total. The average Bonchev–Trinajstić information content (AvgIpc) is 2.61. The van der Waals surface area contributed by atoms with Gasteiger partial charge < -0.3 is 9.84 Å². The minimum atomic E-state index is -0.505. The largest absolute Gasteiger partial charge is 0.444 e. The normalized spacial score (nSPS) is 23.0. The molecule has 0 aliphatic carbocycles. The molecule has 2 atom stereocenters. The Hall–Kier alpha value is -0.420. The molecule has 1 aliphatic heterocycles.